The van der Waals surface area contributed by atoms with Crippen molar-refractivity contribution in [1.29, 1.82) is 0 Å². The van der Waals surface area contributed by atoms with Crippen LogP contribution in [0.2, 0.25) is 0 Å². The number of halogens is 2. The van der Waals surface area contributed by atoms with E-state index in [2.05, 4.69) is 10.3 Å². The van der Waals surface area contributed by atoms with Gasteiger partial charge in [0.05, 0.1) is 31.2 Å². The molecule has 1 N–H and O–H groups in total. The van der Waals surface area contributed by atoms with Gasteiger partial charge in [-0.15, -0.1) is 0 Å². The highest BCUT2D eigenvalue weighted by atomic mass is 19.1. The third kappa shape index (κ3) is 5.62. The number of rotatable bonds is 6. The summed E-state index contributed by atoms with van der Waals surface area (Å²) in [6.45, 7) is 5.12. The van der Waals surface area contributed by atoms with Gasteiger partial charge in [-0.2, -0.15) is 0 Å². The van der Waals surface area contributed by atoms with Crippen molar-refractivity contribution < 1.29 is 24.5 Å². The summed E-state index contributed by atoms with van der Waals surface area (Å²) in [5.74, 6) is -0.814. The van der Waals surface area contributed by atoms with E-state index in [0.29, 0.717) is 30.1 Å². The van der Waals surface area contributed by atoms with E-state index in [4.69, 9.17) is 9.47 Å². The van der Waals surface area contributed by atoms with Crippen LogP contribution in [0.3, 0.4) is 0 Å². The number of nitrogens with zero attached hydrogens (tertiary/aromatic N) is 2. The first-order valence-corrected chi connectivity index (χ1v) is 11.2. The van der Waals surface area contributed by atoms with E-state index in [0.717, 1.165) is 29.5 Å². The molecule has 0 radical (unpaired) electrons. The number of aromatic nitrogens is 1. The Morgan fingerprint density at radius 2 is 1.91 bits per heavy atom. The van der Waals surface area contributed by atoms with Crippen molar-refractivity contribution in [1.82, 2.24) is 4.98 Å². The number of anilines is 3. The minimum atomic E-state index is -0.631. The SMILES string of the molecule is CC.COC(=O)c1ccncc1NC[C@@H]1CCOc2cc(N(C)c3cc(F)cc(F)c3)ccc21.[HH]. The Bertz CT molecular complexity index is 1130. The fourth-order valence-electron chi connectivity index (χ4n) is 3.81. The summed E-state index contributed by atoms with van der Waals surface area (Å²) in [7, 11) is 3.09. The lowest BCUT2D eigenvalue weighted by molar-refractivity contribution is 0.0601. The molecular weight excluding hydrogens is 440 g/mol. The Morgan fingerprint density at radius 3 is 2.62 bits per heavy atom. The van der Waals surface area contributed by atoms with Crippen molar-refractivity contribution in [3.63, 3.8) is 0 Å². The number of nitrogens with one attached hydrogen (secondary N) is 1. The van der Waals surface area contributed by atoms with Gasteiger partial charge in [-0.05, 0) is 36.2 Å². The molecule has 1 aromatic heterocycles. The summed E-state index contributed by atoms with van der Waals surface area (Å²) in [5, 5.41) is 3.30. The molecule has 1 aliphatic rings. The van der Waals surface area contributed by atoms with Gasteiger partial charge in [0.2, 0.25) is 0 Å². The summed E-state index contributed by atoms with van der Waals surface area (Å²) >= 11 is 0. The number of carbonyl (C=O) groups is 1. The molecule has 0 aliphatic carbocycles. The van der Waals surface area contributed by atoms with Crippen LogP contribution in [-0.2, 0) is 4.74 Å². The Labute approximate surface area is 200 Å². The van der Waals surface area contributed by atoms with Gasteiger partial charge < -0.3 is 19.7 Å². The number of benzene rings is 2. The van der Waals surface area contributed by atoms with Crippen molar-refractivity contribution in [2.24, 2.45) is 0 Å². The van der Waals surface area contributed by atoms with Gasteiger partial charge in [0, 0.05) is 50.6 Å². The number of carbonyl (C=O) groups excluding carboxylic acids is 1. The van der Waals surface area contributed by atoms with Crippen molar-refractivity contribution >= 4 is 23.0 Å². The fourth-order valence-corrected chi connectivity index (χ4v) is 3.81. The second-order valence-electron chi connectivity index (χ2n) is 7.54. The minimum absolute atomic E-state index is 0. The molecule has 1 atom stereocenters. The Hall–Kier alpha value is -3.68. The number of esters is 1. The second-order valence-corrected chi connectivity index (χ2v) is 7.54. The fraction of sp³-hybridized carbons (Fsp3) is 0.308. The standard InChI is InChI=1S/C24H23F2N3O3.C2H6.H2/c1-29(19-10-16(25)9-17(26)11-19)18-3-4-20-15(6-8-32-23(20)12-18)13-28-22-14-27-7-5-21(22)24(30)31-2;1-2;/h3-5,7,9-12,14-15,28H,6,8,13H2,1-2H3;1-2H3;1H/t15-;;/m0../s1. The maximum atomic E-state index is 13.6. The number of methoxy groups -OCH3 is 1. The molecule has 3 aromatic rings. The molecule has 0 amide bonds. The van der Waals surface area contributed by atoms with E-state index in [1.54, 1.807) is 30.4 Å². The van der Waals surface area contributed by atoms with Crippen LogP contribution in [-0.4, -0.2) is 38.3 Å². The lowest BCUT2D eigenvalue weighted by atomic mass is 9.92. The maximum Gasteiger partial charge on any atom is 0.340 e. The monoisotopic (exact) mass is 471 g/mol. The molecule has 182 valence electrons. The average Bonchev–Trinajstić information content (AvgIpc) is 2.87. The Kier molecular flexibility index (Phi) is 8.40. The zero-order valence-corrected chi connectivity index (χ0v) is 19.8. The van der Waals surface area contributed by atoms with Gasteiger partial charge >= 0.3 is 5.97 Å². The van der Waals surface area contributed by atoms with Crippen LogP contribution in [0, 0.1) is 11.6 Å². The molecule has 0 unspecified atom stereocenters. The summed E-state index contributed by atoms with van der Waals surface area (Å²) < 4.78 is 37.9. The molecule has 0 saturated heterocycles. The van der Waals surface area contributed by atoms with Gasteiger partial charge in [-0.1, -0.05) is 19.9 Å². The van der Waals surface area contributed by atoms with Gasteiger partial charge in [0.1, 0.15) is 17.4 Å². The van der Waals surface area contributed by atoms with E-state index in [-0.39, 0.29) is 7.34 Å². The predicted molar refractivity (Wildman–Crippen MR) is 131 cm³/mol. The van der Waals surface area contributed by atoms with Crippen LogP contribution in [0.15, 0.2) is 54.9 Å². The number of pyridine rings is 1. The van der Waals surface area contributed by atoms with Gasteiger partial charge in [0.15, 0.2) is 0 Å². The molecule has 1 aliphatic heterocycles. The van der Waals surface area contributed by atoms with Crippen LogP contribution in [0.5, 0.6) is 5.75 Å². The normalized spacial score (nSPS) is 14.1. The highest BCUT2D eigenvalue weighted by Crippen LogP contribution is 2.38. The summed E-state index contributed by atoms with van der Waals surface area (Å²) in [6, 6.07) is 10.8. The van der Waals surface area contributed by atoms with Crippen molar-refractivity contribution in [2.75, 3.05) is 37.5 Å². The van der Waals surface area contributed by atoms with Crippen LogP contribution in [0.1, 0.15) is 43.5 Å². The van der Waals surface area contributed by atoms with Crippen molar-refractivity contribution in [2.45, 2.75) is 26.2 Å². The summed E-state index contributed by atoms with van der Waals surface area (Å²) in [5.41, 5.74) is 3.21. The smallest absolute Gasteiger partial charge is 0.340 e. The summed E-state index contributed by atoms with van der Waals surface area (Å²) in [6.07, 6.45) is 3.95. The van der Waals surface area contributed by atoms with Crippen LogP contribution in [0.25, 0.3) is 0 Å². The second kappa shape index (κ2) is 11.4. The molecule has 4 rings (SSSR count). The molecule has 0 bridgehead atoms. The van der Waals surface area contributed by atoms with Gasteiger partial charge in [-0.25, -0.2) is 13.6 Å². The minimum Gasteiger partial charge on any atom is -0.493 e. The van der Waals surface area contributed by atoms with E-state index in [9.17, 15) is 13.6 Å². The maximum absolute atomic E-state index is 13.6. The van der Waals surface area contributed by atoms with E-state index in [1.807, 2.05) is 32.0 Å². The topological polar surface area (TPSA) is 63.7 Å². The lowest BCUT2D eigenvalue weighted by Crippen LogP contribution is -2.22. The molecule has 2 heterocycles. The molecule has 0 fully saturated rings. The highest BCUT2D eigenvalue weighted by Gasteiger charge is 2.23. The Balaban J connectivity index is 0.00000140. The zero-order valence-electron chi connectivity index (χ0n) is 19.8. The predicted octanol–water partition coefficient (Wildman–Crippen LogP) is 6.16. The van der Waals surface area contributed by atoms with E-state index < -0.39 is 17.6 Å². The van der Waals surface area contributed by atoms with Crippen LogP contribution >= 0.6 is 0 Å². The first-order chi connectivity index (χ1) is 16.5. The van der Waals surface area contributed by atoms with Crippen LogP contribution < -0.4 is 15.0 Å². The number of hydrogen-bond donors (Lipinski definition) is 1. The lowest BCUT2D eigenvalue weighted by Gasteiger charge is -2.28. The highest BCUT2D eigenvalue weighted by molar-refractivity contribution is 5.95. The number of ether oxygens (including phenoxy) is 2. The first kappa shape index (κ1) is 25.0. The van der Waals surface area contributed by atoms with E-state index in [1.165, 1.54) is 19.2 Å². The molecule has 0 saturated carbocycles. The number of fused-ring (bicyclic) bond motifs is 1. The van der Waals surface area contributed by atoms with Crippen molar-refractivity contribution in [3.8, 4) is 5.75 Å². The summed E-state index contributed by atoms with van der Waals surface area (Å²) in [4.78, 5) is 17.8. The zero-order chi connectivity index (χ0) is 24.7. The van der Waals surface area contributed by atoms with Gasteiger partial charge in [-0.3, -0.25) is 4.98 Å². The molecule has 8 heteroatoms. The van der Waals surface area contributed by atoms with E-state index >= 15 is 0 Å². The third-order valence-electron chi connectivity index (χ3n) is 5.55. The molecule has 2 aromatic carbocycles. The van der Waals surface area contributed by atoms with Crippen molar-refractivity contribution in [3.05, 3.63) is 77.6 Å². The molecule has 34 heavy (non-hydrogen) atoms. The molecule has 0 spiro atoms. The molecule has 6 nitrogen and oxygen atoms in total. The third-order valence-corrected chi connectivity index (χ3v) is 5.55. The molecular formula is C26H31F2N3O3. The quantitative estimate of drug-likeness (QED) is 0.434. The largest absolute Gasteiger partial charge is 0.493 e. The Morgan fingerprint density at radius 1 is 1.18 bits per heavy atom. The average molecular weight is 472 g/mol. The first-order valence-electron chi connectivity index (χ1n) is 11.2. The van der Waals surface area contributed by atoms with Crippen LogP contribution in [0.4, 0.5) is 25.8 Å². The number of hydrogen-bond acceptors (Lipinski definition) is 6. The van der Waals surface area contributed by atoms with Gasteiger partial charge in [0.25, 0.3) is 0 Å².